The number of nitrogens with two attached hydrogens (primary N) is 1. The molecule has 3 N–H and O–H groups in total. The van der Waals surface area contributed by atoms with Gasteiger partial charge in [-0.05, 0) is 51.0 Å². The molecule has 1 aromatic carbocycles. The van der Waals surface area contributed by atoms with Gasteiger partial charge in [0.1, 0.15) is 23.9 Å². The molecular formula is C25H34F2N4O2Si. The number of carbonyl (C=O) groups is 1. The molecule has 1 amide bonds. The van der Waals surface area contributed by atoms with E-state index in [0.717, 1.165) is 18.0 Å². The molecular weight excluding hydrogens is 454 g/mol. The Balaban J connectivity index is 1.82. The summed E-state index contributed by atoms with van der Waals surface area (Å²) >= 11 is 0. The highest BCUT2D eigenvalue weighted by Gasteiger charge is 2.26. The number of benzene rings is 1. The van der Waals surface area contributed by atoms with E-state index >= 15 is 0 Å². The topological polar surface area (TPSA) is 81.6 Å². The van der Waals surface area contributed by atoms with Crippen LogP contribution in [0.4, 0.5) is 8.78 Å². The smallest absolute Gasteiger partial charge is 0.270 e. The average Bonchev–Trinajstić information content (AvgIpc) is 3.05. The number of imidazole rings is 1. The number of aryl methyl sites for hydroxylation is 2. The van der Waals surface area contributed by atoms with E-state index in [2.05, 4.69) is 29.9 Å². The highest BCUT2D eigenvalue weighted by Crippen LogP contribution is 2.26. The molecule has 6 nitrogen and oxygen atoms in total. The SMILES string of the molecule is Cc1cc(OCc2c(F)cccc2F)c2nc(C)c(C(=O)NCC(C)(N)CC[Si](C)(C)C)n2c1. The van der Waals surface area contributed by atoms with Crippen LogP contribution in [-0.4, -0.2) is 35.4 Å². The van der Waals surface area contributed by atoms with Crippen LogP contribution < -0.4 is 15.8 Å². The predicted octanol–water partition coefficient (Wildman–Crippen LogP) is 4.98. The van der Waals surface area contributed by atoms with Gasteiger partial charge in [-0.25, -0.2) is 13.8 Å². The minimum atomic E-state index is -1.24. The molecule has 184 valence electrons. The van der Waals surface area contributed by atoms with E-state index in [0.29, 0.717) is 29.3 Å². The first-order chi connectivity index (χ1) is 15.8. The van der Waals surface area contributed by atoms with Gasteiger partial charge in [-0.3, -0.25) is 9.20 Å². The van der Waals surface area contributed by atoms with Crippen molar-refractivity contribution in [2.45, 2.75) is 65.0 Å². The summed E-state index contributed by atoms with van der Waals surface area (Å²) in [6, 6.07) is 6.48. The Bertz CT molecular complexity index is 1180. The molecule has 0 aliphatic rings. The van der Waals surface area contributed by atoms with Crippen LogP contribution in [0.2, 0.25) is 25.7 Å². The third-order valence-electron chi connectivity index (χ3n) is 5.74. The second-order valence-corrected chi connectivity index (χ2v) is 16.1. The highest BCUT2D eigenvalue weighted by molar-refractivity contribution is 6.76. The van der Waals surface area contributed by atoms with Crippen LogP contribution in [0.3, 0.4) is 0 Å². The largest absolute Gasteiger partial charge is 0.485 e. The van der Waals surface area contributed by atoms with Crippen LogP contribution in [0, 0.1) is 25.5 Å². The van der Waals surface area contributed by atoms with Gasteiger partial charge in [0.05, 0.1) is 11.3 Å². The van der Waals surface area contributed by atoms with Gasteiger partial charge in [-0.1, -0.05) is 31.8 Å². The van der Waals surface area contributed by atoms with Crippen LogP contribution in [-0.2, 0) is 6.61 Å². The number of hydrogen-bond acceptors (Lipinski definition) is 4. The Morgan fingerprint density at radius 1 is 1.24 bits per heavy atom. The number of nitrogens with zero attached hydrogens (tertiary/aromatic N) is 2. The van der Waals surface area contributed by atoms with E-state index in [9.17, 15) is 13.6 Å². The molecule has 0 aliphatic carbocycles. The Hall–Kier alpha value is -2.78. The second kappa shape index (κ2) is 9.83. The maximum Gasteiger partial charge on any atom is 0.270 e. The van der Waals surface area contributed by atoms with Crippen molar-refractivity contribution in [3.8, 4) is 5.75 Å². The first-order valence-electron chi connectivity index (χ1n) is 11.4. The molecule has 2 aromatic heterocycles. The van der Waals surface area contributed by atoms with Crippen LogP contribution in [0.25, 0.3) is 5.65 Å². The number of hydrogen-bond donors (Lipinski definition) is 2. The Morgan fingerprint density at radius 3 is 2.50 bits per heavy atom. The summed E-state index contributed by atoms with van der Waals surface area (Å²) in [6.07, 6.45) is 2.62. The summed E-state index contributed by atoms with van der Waals surface area (Å²) in [5.74, 6) is -1.31. The first kappa shape index (κ1) is 25.8. The fourth-order valence-corrected chi connectivity index (χ4v) is 4.99. The van der Waals surface area contributed by atoms with Crippen molar-refractivity contribution in [2.75, 3.05) is 6.54 Å². The number of fused-ring (bicyclic) bond motifs is 1. The molecule has 0 bridgehead atoms. The van der Waals surface area contributed by atoms with Gasteiger partial charge >= 0.3 is 0 Å². The molecule has 9 heteroatoms. The molecule has 34 heavy (non-hydrogen) atoms. The summed E-state index contributed by atoms with van der Waals surface area (Å²) in [4.78, 5) is 17.6. The minimum absolute atomic E-state index is 0.163. The lowest BCUT2D eigenvalue weighted by molar-refractivity contribution is 0.0937. The van der Waals surface area contributed by atoms with E-state index in [1.807, 2.05) is 13.8 Å². The van der Waals surface area contributed by atoms with Crippen molar-refractivity contribution >= 4 is 19.6 Å². The van der Waals surface area contributed by atoms with E-state index in [4.69, 9.17) is 10.5 Å². The normalized spacial score (nSPS) is 13.7. The zero-order valence-corrected chi connectivity index (χ0v) is 21.8. The monoisotopic (exact) mass is 488 g/mol. The zero-order chi connectivity index (χ0) is 25.3. The summed E-state index contributed by atoms with van der Waals surface area (Å²) in [5.41, 5.74) is 7.87. The highest BCUT2D eigenvalue weighted by atomic mass is 28.3. The molecule has 1 unspecified atom stereocenters. The standard InChI is InChI=1S/C25H34F2N4O2Si/c1-16-12-21(33-14-18-19(26)8-7-9-20(18)27)23-30-17(2)22(31(23)13-16)24(32)29-15-25(3,28)10-11-34(4,5)6/h7-9,12-13H,10-11,14-15,28H2,1-6H3,(H,29,32). The van der Waals surface area contributed by atoms with E-state index in [1.165, 1.54) is 18.2 Å². The number of halogens is 2. The van der Waals surface area contributed by atoms with Gasteiger partial charge in [-0.15, -0.1) is 0 Å². The van der Waals surface area contributed by atoms with Gasteiger partial charge < -0.3 is 15.8 Å². The molecule has 0 fully saturated rings. The number of pyridine rings is 1. The van der Waals surface area contributed by atoms with E-state index in [1.54, 1.807) is 23.6 Å². The molecule has 0 saturated heterocycles. The summed E-state index contributed by atoms with van der Waals surface area (Å²) in [7, 11) is -1.24. The third kappa shape index (κ3) is 6.21. The minimum Gasteiger partial charge on any atom is -0.485 e. The first-order valence-corrected chi connectivity index (χ1v) is 15.1. The van der Waals surface area contributed by atoms with Crippen LogP contribution in [0.5, 0.6) is 5.75 Å². The Morgan fingerprint density at radius 2 is 1.88 bits per heavy atom. The Kier molecular flexibility index (Phi) is 7.47. The number of aromatic nitrogens is 2. The Labute approximate surface area is 200 Å². The maximum absolute atomic E-state index is 14.0. The van der Waals surface area contributed by atoms with Crippen molar-refractivity contribution in [3.63, 3.8) is 0 Å². The lowest BCUT2D eigenvalue weighted by Crippen LogP contribution is -2.48. The molecule has 0 saturated carbocycles. The zero-order valence-electron chi connectivity index (χ0n) is 20.8. The summed E-state index contributed by atoms with van der Waals surface area (Å²) < 4.78 is 35.5. The van der Waals surface area contributed by atoms with Gasteiger partial charge in [0, 0.05) is 26.4 Å². The van der Waals surface area contributed by atoms with Gasteiger partial charge in [0.25, 0.3) is 5.91 Å². The fraction of sp³-hybridized carbons (Fsp3) is 0.440. The van der Waals surface area contributed by atoms with Crippen molar-refractivity contribution in [2.24, 2.45) is 5.73 Å². The van der Waals surface area contributed by atoms with E-state index in [-0.39, 0.29) is 18.1 Å². The molecule has 0 radical (unpaired) electrons. The lowest BCUT2D eigenvalue weighted by atomic mass is 10.0. The molecule has 3 aromatic rings. The third-order valence-corrected chi connectivity index (χ3v) is 7.49. The van der Waals surface area contributed by atoms with E-state index < -0.39 is 25.2 Å². The lowest BCUT2D eigenvalue weighted by Gasteiger charge is -2.28. The fourth-order valence-electron chi connectivity index (χ4n) is 3.67. The van der Waals surface area contributed by atoms with Gasteiger partial charge in [0.2, 0.25) is 0 Å². The quantitative estimate of drug-likeness (QED) is 0.416. The molecule has 3 rings (SSSR count). The average molecular weight is 489 g/mol. The van der Waals surface area contributed by atoms with Crippen LogP contribution >= 0.6 is 0 Å². The van der Waals surface area contributed by atoms with Crippen molar-refractivity contribution < 1.29 is 18.3 Å². The number of rotatable bonds is 9. The number of amides is 1. The van der Waals surface area contributed by atoms with Crippen LogP contribution in [0.15, 0.2) is 30.5 Å². The van der Waals surface area contributed by atoms with Crippen molar-refractivity contribution in [3.05, 3.63) is 64.6 Å². The van der Waals surface area contributed by atoms with Crippen LogP contribution in [0.1, 0.15) is 40.7 Å². The van der Waals surface area contributed by atoms with Crippen molar-refractivity contribution in [1.82, 2.24) is 14.7 Å². The molecule has 0 spiro atoms. The van der Waals surface area contributed by atoms with Gasteiger partial charge in [-0.2, -0.15) is 0 Å². The summed E-state index contributed by atoms with van der Waals surface area (Å²) in [5, 5.41) is 2.96. The number of nitrogens with one attached hydrogen (secondary N) is 1. The number of ether oxygens (including phenoxy) is 1. The maximum atomic E-state index is 14.0. The van der Waals surface area contributed by atoms with Crippen molar-refractivity contribution in [1.29, 1.82) is 0 Å². The molecule has 1 atom stereocenters. The molecule has 2 heterocycles. The van der Waals surface area contributed by atoms with Gasteiger partial charge in [0.15, 0.2) is 11.4 Å². The predicted molar refractivity (Wildman–Crippen MR) is 133 cm³/mol. The number of carbonyl (C=O) groups excluding carboxylic acids is 1. The summed E-state index contributed by atoms with van der Waals surface area (Å²) in [6.45, 7) is 12.5. The molecule has 0 aliphatic heterocycles. The second-order valence-electron chi connectivity index (χ2n) is 10.5.